The van der Waals surface area contributed by atoms with Gasteiger partial charge in [-0.05, 0) is 61.7 Å². The van der Waals surface area contributed by atoms with Crippen LogP contribution in [0.5, 0.6) is 11.5 Å². The smallest absolute Gasteiger partial charge is 0.332 e. The second-order valence-electron chi connectivity index (χ2n) is 9.42. The molecule has 3 amide bonds. The van der Waals surface area contributed by atoms with Crippen LogP contribution in [0.25, 0.3) is 0 Å². The van der Waals surface area contributed by atoms with Crippen LogP contribution in [0.15, 0.2) is 109 Å². The van der Waals surface area contributed by atoms with Gasteiger partial charge in [0.2, 0.25) is 0 Å². The highest BCUT2D eigenvalue weighted by Crippen LogP contribution is 2.36. The molecule has 4 aromatic rings. The first-order valence-electron chi connectivity index (χ1n) is 12.0. The Balaban J connectivity index is 1.41. The predicted molar refractivity (Wildman–Crippen MR) is 141 cm³/mol. The molecule has 0 saturated carbocycles. The second kappa shape index (κ2) is 9.70. The molecule has 4 aromatic carbocycles. The highest BCUT2D eigenvalue weighted by atomic mass is 16.5. The summed E-state index contributed by atoms with van der Waals surface area (Å²) < 4.78 is 6.10. The maximum atomic E-state index is 13.7. The number of imide groups is 1. The molecule has 1 fully saturated rings. The van der Waals surface area contributed by atoms with Crippen LogP contribution in [0, 0.1) is 0 Å². The average molecular weight is 477 g/mol. The number of anilines is 1. The van der Waals surface area contributed by atoms with E-state index < -0.39 is 5.54 Å². The van der Waals surface area contributed by atoms with Crippen LogP contribution in [0.2, 0.25) is 0 Å². The summed E-state index contributed by atoms with van der Waals surface area (Å²) in [4.78, 5) is 30.1. The molecule has 0 bridgehead atoms. The van der Waals surface area contributed by atoms with Crippen molar-refractivity contribution in [3.63, 3.8) is 0 Å². The molecule has 5 heteroatoms. The number of benzene rings is 4. The van der Waals surface area contributed by atoms with E-state index in [-0.39, 0.29) is 18.5 Å². The van der Waals surface area contributed by atoms with Crippen LogP contribution in [0.3, 0.4) is 0 Å². The van der Waals surface area contributed by atoms with Gasteiger partial charge >= 0.3 is 6.03 Å². The normalized spacial score (nSPS) is 14.8. The van der Waals surface area contributed by atoms with Gasteiger partial charge in [-0.2, -0.15) is 0 Å². The molecule has 180 valence electrons. The molecule has 5 nitrogen and oxygen atoms in total. The number of ether oxygens (including phenoxy) is 1. The number of nitrogens with zero attached hydrogens (tertiary/aromatic N) is 2. The zero-order valence-electron chi connectivity index (χ0n) is 20.4. The molecule has 36 heavy (non-hydrogen) atoms. The number of hydrogen-bond acceptors (Lipinski definition) is 3. The van der Waals surface area contributed by atoms with Crippen molar-refractivity contribution in [1.29, 1.82) is 0 Å². The molecule has 1 heterocycles. The van der Waals surface area contributed by atoms with Crippen molar-refractivity contribution < 1.29 is 14.3 Å². The van der Waals surface area contributed by atoms with Gasteiger partial charge in [-0.1, -0.05) is 78.9 Å². The maximum Gasteiger partial charge on any atom is 0.332 e. The molecular formula is C31H28N2O3. The quantitative estimate of drug-likeness (QED) is 0.275. The van der Waals surface area contributed by atoms with E-state index in [0.29, 0.717) is 17.2 Å². The Morgan fingerprint density at radius 2 is 1.36 bits per heavy atom. The van der Waals surface area contributed by atoms with Crippen molar-refractivity contribution in [3.8, 4) is 11.5 Å². The van der Waals surface area contributed by atoms with Gasteiger partial charge in [0.15, 0.2) is 0 Å². The topological polar surface area (TPSA) is 49.9 Å². The lowest BCUT2D eigenvalue weighted by Crippen LogP contribution is -2.43. The van der Waals surface area contributed by atoms with E-state index in [1.54, 1.807) is 18.7 Å². The Bertz CT molecular complexity index is 1380. The molecule has 0 radical (unpaired) electrons. The fraction of sp³-hybridized carbons (Fsp3) is 0.161. The van der Waals surface area contributed by atoms with Gasteiger partial charge < -0.3 is 9.64 Å². The predicted octanol–water partition coefficient (Wildman–Crippen LogP) is 6.82. The number of rotatable bonds is 7. The number of hydrogen-bond donors (Lipinski definition) is 0. The van der Waals surface area contributed by atoms with Crippen LogP contribution >= 0.6 is 0 Å². The molecule has 1 saturated heterocycles. The fourth-order valence-electron chi connectivity index (χ4n) is 4.49. The van der Waals surface area contributed by atoms with Crippen LogP contribution in [0.1, 0.15) is 30.5 Å². The minimum absolute atomic E-state index is 0.245. The summed E-state index contributed by atoms with van der Waals surface area (Å²) in [6.07, 6.45) is 0.724. The minimum atomic E-state index is -1.01. The summed E-state index contributed by atoms with van der Waals surface area (Å²) in [6, 6.07) is 34.6. The molecule has 1 aliphatic heterocycles. The van der Waals surface area contributed by atoms with Crippen molar-refractivity contribution in [1.82, 2.24) is 4.90 Å². The highest BCUT2D eigenvalue weighted by molar-refractivity contribution is 6.23. The second-order valence-corrected chi connectivity index (χ2v) is 9.42. The Hall–Kier alpha value is -4.38. The van der Waals surface area contributed by atoms with Crippen LogP contribution in [-0.2, 0) is 17.8 Å². The van der Waals surface area contributed by atoms with E-state index in [4.69, 9.17) is 4.74 Å². The van der Waals surface area contributed by atoms with Gasteiger partial charge in [-0.3, -0.25) is 4.79 Å². The molecule has 0 aliphatic carbocycles. The molecule has 0 N–H and O–H groups in total. The minimum Gasteiger partial charge on any atom is -0.457 e. The number of carbonyl (C=O) groups excluding carboxylic acids is 2. The van der Waals surface area contributed by atoms with E-state index >= 15 is 0 Å². The molecule has 0 unspecified atom stereocenters. The van der Waals surface area contributed by atoms with Crippen LogP contribution in [-0.4, -0.2) is 22.4 Å². The van der Waals surface area contributed by atoms with Crippen molar-refractivity contribution in [2.24, 2.45) is 0 Å². The zero-order valence-corrected chi connectivity index (χ0v) is 20.4. The van der Waals surface area contributed by atoms with Gasteiger partial charge in [0.25, 0.3) is 5.91 Å². The Morgan fingerprint density at radius 3 is 2.11 bits per heavy atom. The lowest BCUT2D eigenvalue weighted by molar-refractivity contribution is -0.123. The first-order chi connectivity index (χ1) is 17.4. The van der Waals surface area contributed by atoms with E-state index in [2.05, 4.69) is 12.1 Å². The van der Waals surface area contributed by atoms with Gasteiger partial charge in [-0.25, -0.2) is 9.69 Å². The monoisotopic (exact) mass is 476 g/mol. The van der Waals surface area contributed by atoms with Gasteiger partial charge in [0.05, 0.1) is 12.2 Å². The zero-order chi connectivity index (χ0) is 25.1. The number of urea groups is 1. The van der Waals surface area contributed by atoms with Crippen molar-refractivity contribution in [2.75, 3.05) is 4.90 Å². The van der Waals surface area contributed by atoms with Gasteiger partial charge in [0, 0.05) is 5.56 Å². The third-order valence-corrected chi connectivity index (χ3v) is 6.52. The molecule has 0 aromatic heterocycles. The third kappa shape index (κ3) is 4.60. The molecule has 1 aliphatic rings. The highest BCUT2D eigenvalue weighted by Gasteiger charge is 2.51. The standard InChI is InChI=1S/C31H28N2O3/c1-31(2)29(34)33(26-16-11-14-24(21-26)20-23-12-5-3-6-13-23)30(35)32(31)22-25-15-9-10-19-28(25)36-27-17-7-4-8-18-27/h3-19,21H,20,22H2,1-2H3. The molecule has 0 spiro atoms. The van der Waals surface area contributed by atoms with Crippen molar-refractivity contribution in [2.45, 2.75) is 32.4 Å². The number of carbonyl (C=O) groups is 2. The van der Waals surface area contributed by atoms with E-state index in [1.165, 1.54) is 10.5 Å². The summed E-state index contributed by atoms with van der Waals surface area (Å²) in [5, 5.41) is 0. The third-order valence-electron chi connectivity index (χ3n) is 6.52. The first kappa shape index (κ1) is 23.4. The largest absolute Gasteiger partial charge is 0.457 e. The van der Waals surface area contributed by atoms with Crippen molar-refractivity contribution >= 4 is 17.6 Å². The molecule has 5 rings (SSSR count). The summed E-state index contributed by atoms with van der Waals surface area (Å²) in [5.41, 5.74) is 2.62. The fourth-order valence-corrected chi connectivity index (χ4v) is 4.49. The van der Waals surface area contributed by atoms with E-state index in [0.717, 1.165) is 17.5 Å². The van der Waals surface area contributed by atoms with Gasteiger partial charge in [-0.15, -0.1) is 0 Å². The van der Waals surface area contributed by atoms with Crippen LogP contribution in [0.4, 0.5) is 10.5 Å². The molecular weight excluding hydrogens is 448 g/mol. The summed E-state index contributed by atoms with van der Waals surface area (Å²) in [7, 11) is 0. The number of amides is 3. The summed E-state index contributed by atoms with van der Waals surface area (Å²) >= 11 is 0. The Kier molecular flexibility index (Phi) is 6.30. The lowest BCUT2D eigenvalue weighted by atomic mass is 10.0. The Labute approximate surface area is 211 Å². The average Bonchev–Trinajstić information content (AvgIpc) is 3.05. The summed E-state index contributed by atoms with van der Waals surface area (Å²) in [5.74, 6) is 1.12. The Morgan fingerprint density at radius 1 is 0.722 bits per heavy atom. The van der Waals surface area contributed by atoms with Crippen molar-refractivity contribution in [3.05, 3.63) is 126 Å². The first-order valence-corrected chi connectivity index (χ1v) is 12.0. The maximum absolute atomic E-state index is 13.7. The molecule has 0 atom stereocenters. The van der Waals surface area contributed by atoms with Gasteiger partial charge in [0.1, 0.15) is 17.0 Å². The van der Waals surface area contributed by atoms with E-state index in [1.807, 2.05) is 97.1 Å². The number of para-hydroxylation sites is 2. The van der Waals surface area contributed by atoms with E-state index in [9.17, 15) is 9.59 Å². The van der Waals surface area contributed by atoms with Crippen LogP contribution < -0.4 is 9.64 Å². The SMILES string of the molecule is CC1(C)C(=O)N(c2cccc(Cc3ccccc3)c2)C(=O)N1Cc1ccccc1Oc1ccccc1. The summed E-state index contributed by atoms with van der Waals surface area (Å²) in [6.45, 7) is 3.84. The lowest BCUT2D eigenvalue weighted by Gasteiger charge is -2.28.